The molecule has 0 aliphatic heterocycles. The molecule has 1 heterocycles. The SMILES string of the molecule is CCCc1ccc(C(NC)c2cc(C)nnc2C)cc1. The lowest BCUT2D eigenvalue weighted by molar-refractivity contribution is 0.675. The molecule has 1 aromatic carbocycles. The maximum absolute atomic E-state index is 4.23. The van der Waals surface area contributed by atoms with E-state index < -0.39 is 0 Å². The molecule has 1 unspecified atom stereocenters. The number of rotatable bonds is 5. The lowest BCUT2D eigenvalue weighted by atomic mass is 9.96. The van der Waals surface area contributed by atoms with Crippen LogP contribution in [0.25, 0.3) is 0 Å². The molecule has 2 rings (SSSR count). The lowest BCUT2D eigenvalue weighted by Gasteiger charge is -2.19. The van der Waals surface area contributed by atoms with E-state index in [1.165, 1.54) is 23.1 Å². The van der Waals surface area contributed by atoms with E-state index in [0.29, 0.717) is 0 Å². The number of nitrogens with one attached hydrogen (secondary N) is 1. The Balaban J connectivity index is 2.34. The van der Waals surface area contributed by atoms with Crippen LogP contribution in [0.1, 0.15) is 47.5 Å². The van der Waals surface area contributed by atoms with E-state index in [-0.39, 0.29) is 6.04 Å². The summed E-state index contributed by atoms with van der Waals surface area (Å²) in [7, 11) is 1.99. The van der Waals surface area contributed by atoms with E-state index in [4.69, 9.17) is 0 Å². The first-order valence-electron chi connectivity index (χ1n) is 7.22. The highest BCUT2D eigenvalue weighted by molar-refractivity contribution is 5.35. The van der Waals surface area contributed by atoms with Crippen LogP contribution in [-0.4, -0.2) is 17.2 Å². The highest BCUT2D eigenvalue weighted by Gasteiger charge is 2.15. The summed E-state index contributed by atoms with van der Waals surface area (Å²) in [6.07, 6.45) is 2.32. The second-order valence-corrected chi connectivity index (χ2v) is 5.24. The van der Waals surface area contributed by atoms with Gasteiger partial charge in [-0.1, -0.05) is 37.6 Å². The second kappa shape index (κ2) is 6.62. The summed E-state index contributed by atoms with van der Waals surface area (Å²) < 4.78 is 0. The maximum Gasteiger partial charge on any atom is 0.0651 e. The van der Waals surface area contributed by atoms with Crippen LogP contribution in [0.2, 0.25) is 0 Å². The van der Waals surface area contributed by atoms with E-state index in [1.807, 2.05) is 20.9 Å². The van der Waals surface area contributed by atoms with E-state index >= 15 is 0 Å². The molecule has 0 bridgehead atoms. The Morgan fingerprint density at radius 2 is 1.80 bits per heavy atom. The molecular formula is C17H23N3. The van der Waals surface area contributed by atoms with Gasteiger partial charge in [-0.15, -0.1) is 0 Å². The number of hydrogen-bond donors (Lipinski definition) is 1. The molecule has 0 saturated carbocycles. The molecule has 0 radical (unpaired) electrons. The molecule has 0 aliphatic carbocycles. The fourth-order valence-corrected chi connectivity index (χ4v) is 2.53. The summed E-state index contributed by atoms with van der Waals surface area (Å²) in [6, 6.07) is 11.1. The zero-order valence-electron chi connectivity index (χ0n) is 12.8. The van der Waals surface area contributed by atoms with Crippen molar-refractivity contribution >= 4 is 0 Å². The molecule has 1 atom stereocenters. The van der Waals surface area contributed by atoms with Gasteiger partial charge in [0, 0.05) is 0 Å². The third kappa shape index (κ3) is 3.23. The van der Waals surface area contributed by atoms with Gasteiger partial charge in [-0.25, -0.2) is 0 Å². The van der Waals surface area contributed by atoms with Crippen molar-refractivity contribution in [3.63, 3.8) is 0 Å². The van der Waals surface area contributed by atoms with Gasteiger partial charge in [0.05, 0.1) is 17.4 Å². The molecule has 2 aromatic rings. The van der Waals surface area contributed by atoms with Gasteiger partial charge in [-0.3, -0.25) is 0 Å². The molecule has 0 aliphatic rings. The minimum Gasteiger partial charge on any atom is -0.309 e. The van der Waals surface area contributed by atoms with Crippen molar-refractivity contribution in [2.45, 2.75) is 39.7 Å². The summed E-state index contributed by atoms with van der Waals surface area (Å²) in [6.45, 7) is 6.20. The largest absolute Gasteiger partial charge is 0.309 e. The van der Waals surface area contributed by atoms with Gasteiger partial charge in [-0.2, -0.15) is 10.2 Å². The lowest BCUT2D eigenvalue weighted by Crippen LogP contribution is -2.19. The maximum atomic E-state index is 4.23. The minimum atomic E-state index is 0.167. The van der Waals surface area contributed by atoms with Crippen molar-refractivity contribution in [1.82, 2.24) is 15.5 Å². The average molecular weight is 269 g/mol. The van der Waals surface area contributed by atoms with E-state index in [0.717, 1.165) is 17.8 Å². The average Bonchev–Trinajstić information content (AvgIpc) is 2.45. The van der Waals surface area contributed by atoms with Gasteiger partial charge >= 0.3 is 0 Å². The van der Waals surface area contributed by atoms with Crippen LogP contribution in [0.3, 0.4) is 0 Å². The summed E-state index contributed by atoms with van der Waals surface area (Å²) in [4.78, 5) is 0. The highest BCUT2D eigenvalue weighted by Crippen LogP contribution is 2.24. The number of hydrogen-bond acceptors (Lipinski definition) is 3. The number of aromatic nitrogens is 2. The third-order valence-corrected chi connectivity index (χ3v) is 3.59. The van der Waals surface area contributed by atoms with Crippen molar-refractivity contribution in [3.8, 4) is 0 Å². The molecule has 0 amide bonds. The number of aryl methyl sites for hydroxylation is 3. The first-order chi connectivity index (χ1) is 9.65. The van der Waals surface area contributed by atoms with Crippen molar-refractivity contribution in [1.29, 1.82) is 0 Å². The summed E-state index contributed by atoms with van der Waals surface area (Å²) in [5.74, 6) is 0. The van der Waals surface area contributed by atoms with E-state index in [2.05, 4.69) is 52.8 Å². The zero-order chi connectivity index (χ0) is 14.5. The zero-order valence-corrected chi connectivity index (χ0v) is 12.8. The Morgan fingerprint density at radius 1 is 1.10 bits per heavy atom. The summed E-state index contributed by atoms with van der Waals surface area (Å²) >= 11 is 0. The van der Waals surface area contributed by atoms with Crippen LogP contribution < -0.4 is 5.32 Å². The second-order valence-electron chi connectivity index (χ2n) is 5.24. The molecule has 3 heteroatoms. The Hall–Kier alpha value is -1.74. The van der Waals surface area contributed by atoms with Crippen LogP contribution in [0.4, 0.5) is 0 Å². The van der Waals surface area contributed by atoms with Crippen LogP contribution in [0.5, 0.6) is 0 Å². The predicted octanol–water partition coefficient (Wildman–Crippen LogP) is 3.35. The Kier molecular flexibility index (Phi) is 4.85. The minimum absolute atomic E-state index is 0.167. The highest BCUT2D eigenvalue weighted by atomic mass is 15.1. The number of nitrogens with zero attached hydrogens (tertiary/aromatic N) is 2. The van der Waals surface area contributed by atoms with Crippen molar-refractivity contribution in [3.05, 3.63) is 58.4 Å². The molecule has 20 heavy (non-hydrogen) atoms. The fraction of sp³-hybridized carbons (Fsp3) is 0.412. The standard InChI is InChI=1S/C17H23N3/c1-5-6-14-7-9-15(10-8-14)17(18-4)16-11-12(2)19-20-13(16)3/h7-11,17-18H,5-6H2,1-4H3. The Morgan fingerprint density at radius 3 is 2.40 bits per heavy atom. The van der Waals surface area contributed by atoms with Gasteiger partial charge in [-0.05, 0) is 50.1 Å². The Labute approximate surface area is 121 Å². The fourth-order valence-electron chi connectivity index (χ4n) is 2.53. The monoisotopic (exact) mass is 269 g/mol. The van der Waals surface area contributed by atoms with E-state index in [1.54, 1.807) is 0 Å². The topological polar surface area (TPSA) is 37.8 Å². The third-order valence-electron chi connectivity index (χ3n) is 3.59. The molecule has 1 N–H and O–H groups in total. The molecular weight excluding hydrogens is 246 g/mol. The smallest absolute Gasteiger partial charge is 0.0651 e. The van der Waals surface area contributed by atoms with Crippen molar-refractivity contribution in [2.75, 3.05) is 7.05 Å². The summed E-state index contributed by atoms with van der Waals surface area (Å²) in [5.41, 5.74) is 5.79. The molecule has 1 aromatic heterocycles. The van der Waals surface area contributed by atoms with Crippen LogP contribution in [0.15, 0.2) is 30.3 Å². The first kappa shape index (κ1) is 14.7. The molecule has 0 spiro atoms. The Bertz CT molecular complexity index is 561. The summed E-state index contributed by atoms with van der Waals surface area (Å²) in [5, 5.41) is 11.7. The van der Waals surface area contributed by atoms with Crippen LogP contribution in [0, 0.1) is 13.8 Å². The van der Waals surface area contributed by atoms with Gasteiger partial charge in [0.15, 0.2) is 0 Å². The molecule has 106 valence electrons. The van der Waals surface area contributed by atoms with Gasteiger partial charge in [0.1, 0.15) is 0 Å². The van der Waals surface area contributed by atoms with E-state index in [9.17, 15) is 0 Å². The number of benzene rings is 1. The molecule has 0 fully saturated rings. The quantitative estimate of drug-likeness (QED) is 0.904. The predicted molar refractivity (Wildman–Crippen MR) is 82.8 cm³/mol. The molecule has 3 nitrogen and oxygen atoms in total. The molecule has 0 saturated heterocycles. The van der Waals surface area contributed by atoms with Gasteiger partial charge in [0.25, 0.3) is 0 Å². The van der Waals surface area contributed by atoms with Gasteiger partial charge in [0.2, 0.25) is 0 Å². The van der Waals surface area contributed by atoms with Gasteiger partial charge < -0.3 is 5.32 Å². The van der Waals surface area contributed by atoms with Crippen LogP contribution >= 0.6 is 0 Å². The normalized spacial score (nSPS) is 12.4. The van der Waals surface area contributed by atoms with Crippen molar-refractivity contribution in [2.24, 2.45) is 0 Å². The van der Waals surface area contributed by atoms with Crippen molar-refractivity contribution < 1.29 is 0 Å². The first-order valence-corrected chi connectivity index (χ1v) is 7.22. The van der Waals surface area contributed by atoms with Crippen LogP contribution in [-0.2, 0) is 6.42 Å².